The van der Waals surface area contributed by atoms with Gasteiger partial charge in [0.2, 0.25) is 5.91 Å². The van der Waals surface area contributed by atoms with Crippen LogP contribution in [0.5, 0.6) is 0 Å². The van der Waals surface area contributed by atoms with Crippen molar-refractivity contribution < 1.29 is 14.3 Å². The van der Waals surface area contributed by atoms with Crippen LogP contribution in [0.4, 0.5) is 4.79 Å². The molecule has 1 aromatic rings. The summed E-state index contributed by atoms with van der Waals surface area (Å²) in [6.07, 6.45) is 4.62. The summed E-state index contributed by atoms with van der Waals surface area (Å²) in [6, 6.07) is 9.70. The molecular formula is C20H25N3O3. The zero-order valence-electron chi connectivity index (χ0n) is 14.9. The number of rotatable bonds is 4. The summed E-state index contributed by atoms with van der Waals surface area (Å²) in [6.45, 7) is 1.60. The number of amides is 2. The van der Waals surface area contributed by atoms with Crippen LogP contribution < -0.4 is 5.43 Å². The molecule has 26 heavy (non-hydrogen) atoms. The van der Waals surface area contributed by atoms with Gasteiger partial charge in [0.1, 0.15) is 6.61 Å². The van der Waals surface area contributed by atoms with Gasteiger partial charge in [-0.1, -0.05) is 30.3 Å². The zero-order chi connectivity index (χ0) is 17.9. The summed E-state index contributed by atoms with van der Waals surface area (Å²) in [4.78, 5) is 26.3. The Morgan fingerprint density at radius 1 is 1.15 bits per heavy atom. The molecule has 0 spiro atoms. The molecule has 1 N–H and O–H groups in total. The Kier molecular flexibility index (Phi) is 4.91. The molecule has 6 heteroatoms. The van der Waals surface area contributed by atoms with Gasteiger partial charge in [-0.25, -0.2) is 10.2 Å². The highest BCUT2D eigenvalue weighted by Gasteiger charge is 2.39. The number of carbonyl (C=O) groups excluding carboxylic acids is 2. The maximum absolute atomic E-state index is 12.3. The fourth-order valence-electron chi connectivity index (χ4n) is 3.92. The minimum absolute atomic E-state index is 0.00518. The van der Waals surface area contributed by atoms with Crippen LogP contribution in [0.3, 0.4) is 0 Å². The van der Waals surface area contributed by atoms with E-state index in [0.717, 1.165) is 24.8 Å². The lowest BCUT2D eigenvalue weighted by Gasteiger charge is -2.36. The van der Waals surface area contributed by atoms with E-state index in [9.17, 15) is 9.59 Å². The highest BCUT2D eigenvalue weighted by Crippen LogP contribution is 2.37. The third-order valence-corrected chi connectivity index (χ3v) is 5.70. The van der Waals surface area contributed by atoms with Gasteiger partial charge in [-0.3, -0.25) is 4.79 Å². The van der Waals surface area contributed by atoms with Crippen molar-refractivity contribution in [3.63, 3.8) is 0 Å². The first kappa shape index (κ1) is 17.1. The van der Waals surface area contributed by atoms with Crippen LogP contribution in [0.2, 0.25) is 0 Å². The highest BCUT2D eigenvalue weighted by atomic mass is 16.6. The van der Waals surface area contributed by atoms with Gasteiger partial charge in [-0.05, 0) is 49.5 Å². The maximum atomic E-state index is 12.3. The molecule has 1 saturated heterocycles. The zero-order valence-corrected chi connectivity index (χ0v) is 14.9. The molecule has 2 heterocycles. The van der Waals surface area contributed by atoms with Crippen molar-refractivity contribution in [1.29, 1.82) is 0 Å². The van der Waals surface area contributed by atoms with Crippen LogP contribution in [0.15, 0.2) is 35.4 Å². The summed E-state index contributed by atoms with van der Waals surface area (Å²) in [5.41, 5.74) is 4.87. The molecular weight excluding hydrogens is 330 g/mol. The minimum Gasteiger partial charge on any atom is -0.445 e. The predicted molar refractivity (Wildman–Crippen MR) is 97.3 cm³/mol. The number of ether oxygens (including phenoxy) is 1. The second kappa shape index (κ2) is 7.48. The summed E-state index contributed by atoms with van der Waals surface area (Å²) >= 11 is 0. The van der Waals surface area contributed by atoms with Crippen LogP contribution in [-0.2, 0) is 16.1 Å². The molecule has 1 atom stereocenters. The van der Waals surface area contributed by atoms with Crippen molar-refractivity contribution in [3.8, 4) is 0 Å². The summed E-state index contributed by atoms with van der Waals surface area (Å²) in [5, 5.41) is 4.25. The van der Waals surface area contributed by atoms with Gasteiger partial charge >= 0.3 is 6.09 Å². The molecule has 1 aromatic carbocycles. The van der Waals surface area contributed by atoms with Gasteiger partial charge in [0, 0.05) is 24.7 Å². The first-order valence-corrected chi connectivity index (χ1v) is 9.52. The topological polar surface area (TPSA) is 71.0 Å². The van der Waals surface area contributed by atoms with Crippen molar-refractivity contribution in [1.82, 2.24) is 10.3 Å². The van der Waals surface area contributed by atoms with E-state index < -0.39 is 0 Å². The first-order valence-electron chi connectivity index (χ1n) is 9.52. The number of hydrogen-bond acceptors (Lipinski definition) is 4. The molecule has 0 aromatic heterocycles. The molecule has 1 unspecified atom stereocenters. The number of nitrogens with zero attached hydrogens (tertiary/aromatic N) is 2. The van der Waals surface area contributed by atoms with E-state index in [1.54, 1.807) is 4.90 Å². The average Bonchev–Trinajstić information content (AvgIpc) is 3.53. The smallest absolute Gasteiger partial charge is 0.410 e. The largest absolute Gasteiger partial charge is 0.445 e. The van der Waals surface area contributed by atoms with E-state index in [4.69, 9.17) is 4.74 Å². The van der Waals surface area contributed by atoms with Gasteiger partial charge in [-0.15, -0.1) is 0 Å². The van der Waals surface area contributed by atoms with Crippen molar-refractivity contribution in [2.75, 3.05) is 13.1 Å². The summed E-state index contributed by atoms with van der Waals surface area (Å²) < 4.78 is 5.41. The lowest BCUT2D eigenvalue weighted by molar-refractivity contribution is -0.127. The standard InChI is InChI=1S/C20H25N3O3/c24-19-17(12-18(21-22-19)16-6-7-16)15-8-10-23(11-9-15)20(25)26-13-14-4-2-1-3-5-14/h1-5,15-17H,6-13H2,(H,22,24). The van der Waals surface area contributed by atoms with Gasteiger partial charge in [0.05, 0.1) is 0 Å². The number of benzene rings is 1. The quantitative estimate of drug-likeness (QED) is 0.903. The van der Waals surface area contributed by atoms with Gasteiger partial charge in [0.25, 0.3) is 0 Å². The second-order valence-corrected chi connectivity index (χ2v) is 7.53. The van der Waals surface area contributed by atoms with Gasteiger partial charge in [-0.2, -0.15) is 5.10 Å². The fraction of sp³-hybridized carbons (Fsp3) is 0.550. The molecule has 0 radical (unpaired) electrons. The molecule has 6 nitrogen and oxygen atoms in total. The Balaban J connectivity index is 1.26. The Bertz CT molecular complexity index is 692. The molecule has 1 aliphatic carbocycles. The molecule has 1 saturated carbocycles. The number of piperidine rings is 1. The first-order chi connectivity index (χ1) is 12.7. The minimum atomic E-state index is -0.263. The van der Waals surface area contributed by atoms with Crippen LogP contribution in [-0.4, -0.2) is 35.7 Å². The van der Waals surface area contributed by atoms with E-state index in [-0.39, 0.29) is 17.9 Å². The van der Waals surface area contributed by atoms with E-state index >= 15 is 0 Å². The number of carbonyl (C=O) groups is 2. The Morgan fingerprint density at radius 3 is 2.58 bits per heavy atom. The molecule has 0 bridgehead atoms. The molecule has 4 rings (SSSR count). The molecule has 2 amide bonds. The van der Waals surface area contributed by atoms with Crippen LogP contribution in [0, 0.1) is 17.8 Å². The molecule has 3 aliphatic rings. The summed E-state index contributed by atoms with van der Waals surface area (Å²) in [7, 11) is 0. The van der Waals surface area contributed by atoms with E-state index in [1.165, 1.54) is 18.6 Å². The normalized spacial score (nSPS) is 24.0. The Morgan fingerprint density at radius 2 is 1.88 bits per heavy atom. The third-order valence-electron chi connectivity index (χ3n) is 5.70. The Labute approximate surface area is 153 Å². The second-order valence-electron chi connectivity index (χ2n) is 7.53. The maximum Gasteiger partial charge on any atom is 0.410 e. The van der Waals surface area contributed by atoms with Crippen LogP contribution in [0.25, 0.3) is 0 Å². The van der Waals surface area contributed by atoms with Crippen LogP contribution in [0.1, 0.15) is 37.7 Å². The SMILES string of the molecule is O=C1NN=C(C2CC2)CC1C1CCN(C(=O)OCc2ccccc2)CC1. The average molecular weight is 355 g/mol. The summed E-state index contributed by atoms with van der Waals surface area (Å²) in [5.74, 6) is 0.952. The van der Waals surface area contributed by atoms with E-state index in [2.05, 4.69) is 10.5 Å². The van der Waals surface area contributed by atoms with E-state index in [1.807, 2.05) is 30.3 Å². The fourth-order valence-corrected chi connectivity index (χ4v) is 3.92. The predicted octanol–water partition coefficient (Wildman–Crippen LogP) is 2.94. The van der Waals surface area contributed by atoms with Crippen molar-refractivity contribution in [2.24, 2.45) is 22.9 Å². The lowest BCUT2D eigenvalue weighted by atomic mass is 9.79. The number of hydrazone groups is 1. The van der Waals surface area contributed by atoms with Gasteiger partial charge in [0.15, 0.2) is 0 Å². The molecule has 2 aliphatic heterocycles. The Hall–Kier alpha value is -2.37. The molecule has 138 valence electrons. The monoisotopic (exact) mass is 355 g/mol. The lowest BCUT2D eigenvalue weighted by Crippen LogP contribution is -2.45. The van der Waals surface area contributed by atoms with Crippen molar-refractivity contribution in [2.45, 2.75) is 38.7 Å². The number of nitrogens with one attached hydrogen (secondary N) is 1. The van der Waals surface area contributed by atoms with E-state index in [0.29, 0.717) is 31.5 Å². The third kappa shape index (κ3) is 3.89. The van der Waals surface area contributed by atoms with Crippen LogP contribution >= 0.6 is 0 Å². The van der Waals surface area contributed by atoms with Gasteiger partial charge < -0.3 is 9.64 Å². The number of hydrogen-bond donors (Lipinski definition) is 1. The molecule has 2 fully saturated rings. The highest BCUT2D eigenvalue weighted by molar-refractivity contribution is 5.96. The number of likely N-dealkylation sites (tertiary alicyclic amines) is 1. The van der Waals surface area contributed by atoms with Crippen molar-refractivity contribution in [3.05, 3.63) is 35.9 Å². The van der Waals surface area contributed by atoms with Crippen molar-refractivity contribution >= 4 is 17.7 Å².